The first-order chi connectivity index (χ1) is 17.0. The molecule has 1 unspecified atom stereocenters. The summed E-state index contributed by atoms with van der Waals surface area (Å²) >= 11 is 5.43. The van der Waals surface area contributed by atoms with Crippen molar-refractivity contribution in [2.75, 3.05) is 27.3 Å². The highest BCUT2D eigenvalue weighted by Crippen LogP contribution is 2.28. The number of ether oxygens (including phenoxy) is 2. The molecule has 184 valence electrons. The molecule has 1 aliphatic heterocycles. The zero-order valence-corrected chi connectivity index (χ0v) is 21.0. The SMILES string of the molecule is COc1ccc(CCNC(=O)C2=CC3=NC(=S)N(CCC4=CCCCC4)C(=O)C3C=C2)cc1OC. The Balaban J connectivity index is 1.34. The van der Waals surface area contributed by atoms with E-state index in [0.29, 0.717) is 42.3 Å². The molecule has 7 nitrogen and oxygen atoms in total. The van der Waals surface area contributed by atoms with Gasteiger partial charge in [0.15, 0.2) is 11.5 Å². The molecule has 3 aliphatic rings. The van der Waals surface area contributed by atoms with Crippen molar-refractivity contribution in [3.63, 3.8) is 0 Å². The van der Waals surface area contributed by atoms with Gasteiger partial charge in [0.05, 0.1) is 25.8 Å². The van der Waals surface area contributed by atoms with Crippen LogP contribution in [0.15, 0.2) is 58.6 Å². The number of amides is 2. The quantitative estimate of drug-likeness (QED) is 0.417. The maximum absolute atomic E-state index is 13.1. The Hall–Kier alpha value is -3.26. The number of carbonyl (C=O) groups excluding carboxylic acids is 2. The van der Waals surface area contributed by atoms with E-state index in [1.165, 1.54) is 18.4 Å². The van der Waals surface area contributed by atoms with Crippen molar-refractivity contribution in [3.8, 4) is 11.5 Å². The van der Waals surface area contributed by atoms with Crippen molar-refractivity contribution < 1.29 is 19.1 Å². The molecule has 8 heteroatoms. The highest BCUT2D eigenvalue weighted by molar-refractivity contribution is 7.80. The first kappa shape index (κ1) is 24.9. The number of nitrogens with one attached hydrogen (secondary N) is 1. The monoisotopic (exact) mass is 493 g/mol. The van der Waals surface area contributed by atoms with E-state index in [0.717, 1.165) is 24.8 Å². The molecule has 1 aromatic carbocycles. The molecule has 0 fully saturated rings. The Morgan fingerprint density at radius 3 is 2.77 bits per heavy atom. The molecule has 35 heavy (non-hydrogen) atoms. The van der Waals surface area contributed by atoms with Gasteiger partial charge >= 0.3 is 0 Å². The molecule has 1 heterocycles. The van der Waals surface area contributed by atoms with Gasteiger partial charge in [-0.05, 0) is 74.5 Å². The minimum Gasteiger partial charge on any atom is -0.493 e. The van der Waals surface area contributed by atoms with Gasteiger partial charge in [0.1, 0.15) is 0 Å². The molecule has 0 aromatic heterocycles. The van der Waals surface area contributed by atoms with Gasteiger partial charge < -0.3 is 14.8 Å². The Bertz CT molecular complexity index is 1140. The number of allylic oxidation sites excluding steroid dienone is 2. The number of benzene rings is 1. The lowest BCUT2D eigenvalue weighted by atomic mass is 9.91. The number of aliphatic imine (C=N–C) groups is 1. The number of carbonyl (C=O) groups is 2. The molecule has 1 N–H and O–H groups in total. The van der Waals surface area contributed by atoms with Crippen molar-refractivity contribution >= 4 is 34.9 Å². The van der Waals surface area contributed by atoms with Gasteiger partial charge in [-0.3, -0.25) is 14.5 Å². The molecular weight excluding hydrogens is 462 g/mol. The number of methoxy groups -OCH3 is 2. The first-order valence-corrected chi connectivity index (χ1v) is 12.4. The number of fused-ring (bicyclic) bond motifs is 1. The van der Waals surface area contributed by atoms with E-state index in [4.69, 9.17) is 21.7 Å². The van der Waals surface area contributed by atoms with Crippen LogP contribution in [0.5, 0.6) is 11.5 Å². The zero-order chi connectivity index (χ0) is 24.8. The van der Waals surface area contributed by atoms with E-state index in [9.17, 15) is 9.59 Å². The van der Waals surface area contributed by atoms with Crippen LogP contribution in [0, 0.1) is 5.92 Å². The van der Waals surface area contributed by atoms with Crippen LogP contribution in [0.1, 0.15) is 37.7 Å². The van der Waals surface area contributed by atoms with E-state index in [1.807, 2.05) is 18.2 Å². The fraction of sp³-hybridized carbons (Fsp3) is 0.407. The summed E-state index contributed by atoms with van der Waals surface area (Å²) in [5, 5.41) is 3.21. The van der Waals surface area contributed by atoms with Gasteiger partial charge in [0.25, 0.3) is 5.91 Å². The fourth-order valence-corrected chi connectivity index (χ4v) is 4.82. The zero-order valence-electron chi connectivity index (χ0n) is 20.2. The third-order valence-corrected chi connectivity index (χ3v) is 6.84. The molecule has 0 saturated carbocycles. The maximum atomic E-state index is 13.1. The predicted octanol–water partition coefficient (Wildman–Crippen LogP) is 3.93. The first-order valence-electron chi connectivity index (χ1n) is 12.0. The molecule has 2 aliphatic carbocycles. The van der Waals surface area contributed by atoms with Gasteiger partial charge in [-0.15, -0.1) is 0 Å². The van der Waals surface area contributed by atoms with E-state index < -0.39 is 5.92 Å². The lowest BCUT2D eigenvalue weighted by Gasteiger charge is -2.31. The third kappa shape index (κ3) is 5.88. The van der Waals surface area contributed by atoms with E-state index in [1.54, 1.807) is 37.3 Å². The van der Waals surface area contributed by atoms with Gasteiger partial charge in [-0.2, -0.15) is 0 Å². The Morgan fingerprint density at radius 2 is 2.03 bits per heavy atom. The highest BCUT2D eigenvalue weighted by Gasteiger charge is 2.35. The molecule has 0 saturated heterocycles. The number of thiocarbonyl (C=S) groups is 1. The second-order valence-corrected chi connectivity index (χ2v) is 9.16. The third-order valence-electron chi connectivity index (χ3n) is 6.53. The van der Waals surface area contributed by atoms with Crippen LogP contribution in [0.25, 0.3) is 0 Å². The lowest BCUT2D eigenvalue weighted by molar-refractivity contribution is -0.128. The number of nitrogens with zero attached hydrogens (tertiary/aromatic N) is 2. The second kappa shape index (κ2) is 11.4. The summed E-state index contributed by atoms with van der Waals surface area (Å²) < 4.78 is 10.6. The molecule has 0 bridgehead atoms. The van der Waals surface area contributed by atoms with E-state index >= 15 is 0 Å². The summed E-state index contributed by atoms with van der Waals surface area (Å²) in [6.45, 7) is 1.01. The van der Waals surface area contributed by atoms with Gasteiger partial charge in [0, 0.05) is 18.7 Å². The Morgan fingerprint density at radius 1 is 1.20 bits per heavy atom. The molecule has 1 atom stereocenters. The van der Waals surface area contributed by atoms with Crippen molar-refractivity contribution in [1.82, 2.24) is 10.2 Å². The topological polar surface area (TPSA) is 80.2 Å². The summed E-state index contributed by atoms with van der Waals surface area (Å²) in [5.41, 5.74) is 3.41. The minimum absolute atomic E-state index is 0.0724. The molecule has 0 spiro atoms. The molecule has 0 radical (unpaired) electrons. The summed E-state index contributed by atoms with van der Waals surface area (Å²) in [7, 11) is 3.19. The van der Waals surface area contributed by atoms with Crippen molar-refractivity contribution in [2.45, 2.75) is 38.5 Å². The number of hydrogen-bond donors (Lipinski definition) is 1. The summed E-state index contributed by atoms with van der Waals surface area (Å²) in [4.78, 5) is 31.9. The summed E-state index contributed by atoms with van der Waals surface area (Å²) in [6.07, 6.45) is 13.5. The molecular formula is C27H31N3O4S. The van der Waals surface area contributed by atoms with E-state index in [2.05, 4.69) is 16.4 Å². The van der Waals surface area contributed by atoms with Gasteiger partial charge in [0.2, 0.25) is 11.0 Å². The smallest absolute Gasteiger partial charge is 0.251 e. The van der Waals surface area contributed by atoms with Crippen LogP contribution in [-0.2, 0) is 16.0 Å². The van der Waals surface area contributed by atoms with Crippen molar-refractivity contribution in [3.05, 3.63) is 59.2 Å². The van der Waals surface area contributed by atoms with Gasteiger partial charge in [-0.1, -0.05) is 29.9 Å². The number of hydrogen-bond acceptors (Lipinski definition) is 5. The highest BCUT2D eigenvalue weighted by atomic mass is 32.1. The molecule has 4 rings (SSSR count). The van der Waals surface area contributed by atoms with Crippen molar-refractivity contribution in [2.24, 2.45) is 10.9 Å². The second-order valence-electron chi connectivity index (χ2n) is 8.80. The van der Waals surface area contributed by atoms with Crippen LogP contribution in [0.3, 0.4) is 0 Å². The minimum atomic E-state index is -0.495. The average Bonchev–Trinajstić information content (AvgIpc) is 2.88. The van der Waals surface area contributed by atoms with Crippen LogP contribution in [0.2, 0.25) is 0 Å². The predicted molar refractivity (Wildman–Crippen MR) is 140 cm³/mol. The maximum Gasteiger partial charge on any atom is 0.251 e. The van der Waals surface area contributed by atoms with Crippen LogP contribution in [0.4, 0.5) is 0 Å². The van der Waals surface area contributed by atoms with E-state index in [-0.39, 0.29) is 16.9 Å². The van der Waals surface area contributed by atoms with Crippen LogP contribution < -0.4 is 14.8 Å². The van der Waals surface area contributed by atoms with Crippen LogP contribution >= 0.6 is 12.2 Å². The van der Waals surface area contributed by atoms with Crippen molar-refractivity contribution in [1.29, 1.82) is 0 Å². The lowest BCUT2D eigenvalue weighted by Crippen LogP contribution is -2.46. The van der Waals surface area contributed by atoms with Crippen LogP contribution in [-0.4, -0.2) is 54.8 Å². The molecule has 2 amide bonds. The largest absolute Gasteiger partial charge is 0.493 e. The summed E-state index contributed by atoms with van der Waals surface area (Å²) in [6, 6.07) is 5.69. The Kier molecular flexibility index (Phi) is 8.13. The molecule has 1 aromatic rings. The normalized spacial score (nSPS) is 19.4. The standard InChI is InChI=1S/C27H31N3O4S/c1-33-23-11-8-19(16-24(23)34-2)12-14-28-25(31)20-9-10-21-22(17-20)29-27(35)30(26(21)32)15-13-18-6-4-3-5-7-18/h6,8-11,16-17,21H,3-5,7,12-15H2,1-2H3,(H,28,31). The summed E-state index contributed by atoms with van der Waals surface area (Å²) in [5.74, 6) is 0.536. The van der Waals surface area contributed by atoms with Gasteiger partial charge in [-0.25, -0.2) is 4.99 Å². The number of rotatable bonds is 9. The Labute approximate surface area is 211 Å². The average molecular weight is 494 g/mol. The fourth-order valence-electron chi connectivity index (χ4n) is 4.53.